The van der Waals surface area contributed by atoms with Crippen LogP contribution in [0.3, 0.4) is 0 Å². The topological polar surface area (TPSA) is 73.1 Å². The SMILES string of the molecule is Cc1cc(=O)oc2cc(OCc3n[nH]c(=S)n3-c3ccc(Br)cc3)ccc12. The number of nitrogens with one attached hydrogen (secondary N) is 1. The largest absolute Gasteiger partial charge is 0.485 e. The lowest BCUT2D eigenvalue weighted by Gasteiger charge is -2.09. The number of ether oxygens (including phenoxy) is 1. The fourth-order valence-corrected chi connectivity index (χ4v) is 3.35. The van der Waals surface area contributed by atoms with Crippen LogP contribution in [0.1, 0.15) is 11.4 Å². The normalized spacial score (nSPS) is 11.0. The maximum atomic E-state index is 11.6. The molecule has 0 saturated heterocycles. The summed E-state index contributed by atoms with van der Waals surface area (Å²) in [5.41, 5.74) is 1.86. The van der Waals surface area contributed by atoms with Crippen molar-refractivity contribution in [1.82, 2.24) is 14.8 Å². The van der Waals surface area contributed by atoms with Crippen molar-refractivity contribution in [2.75, 3.05) is 0 Å². The van der Waals surface area contributed by atoms with E-state index in [4.69, 9.17) is 21.4 Å². The van der Waals surface area contributed by atoms with Crippen molar-refractivity contribution in [3.63, 3.8) is 0 Å². The van der Waals surface area contributed by atoms with E-state index >= 15 is 0 Å². The molecule has 2 heterocycles. The summed E-state index contributed by atoms with van der Waals surface area (Å²) in [5, 5.41) is 7.93. The van der Waals surface area contributed by atoms with Crippen molar-refractivity contribution in [2.24, 2.45) is 0 Å². The average molecular weight is 444 g/mol. The number of aromatic amines is 1. The van der Waals surface area contributed by atoms with Gasteiger partial charge in [-0.3, -0.25) is 9.67 Å². The third-order valence-corrected chi connectivity index (χ3v) is 4.92. The van der Waals surface area contributed by atoms with Gasteiger partial charge in [0, 0.05) is 27.7 Å². The second-order valence-electron chi connectivity index (χ2n) is 5.95. The minimum absolute atomic E-state index is 0.199. The Morgan fingerprint density at radius 3 is 2.78 bits per heavy atom. The maximum Gasteiger partial charge on any atom is 0.336 e. The van der Waals surface area contributed by atoms with E-state index in [2.05, 4.69) is 26.1 Å². The first-order valence-electron chi connectivity index (χ1n) is 8.11. The monoisotopic (exact) mass is 443 g/mol. The maximum absolute atomic E-state index is 11.6. The second kappa shape index (κ2) is 7.13. The highest BCUT2D eigenvalue weighted by Crippen LogP contribution is 2.23. The summed E-state index contributed by atoms with van der Waals surface area (Å²) in [4.78, 5) is 11.6. The number of aromatic nitrogens is 3. The molecule has 0 fully saturated rings. The Balaban J connectivity index is 1.63. The number of hydrogen-bond donors (Lipinski definition) is 1. The van der Waals surface area contributed by atoms with Crippen LogP contribution in [0.15, 0.2) is 62.2 Å². The predicted molar refractivity (Wildman–Crippen MR) is 108 cm³/mol. The zero-order chi connectivity index (χ0) is 19.0. The van der Waals surface area contributed by atoms with Crippen molar-refractivity contribution in [2.45, 2.75) is 13.5 Å². The van der Waals surface area contributed by atoms with E-state index in [1.54, 1.807) is 6.07 Å². The molecule has 0 spiro atoms. The number of halogens is 1. The highest BCUT2D eigenvalue weighted by molar-refractivity contribution is 9.10. The second-order valence-corrected chi connectivity index (χ2v) is 7.25. The van der Waals surface area contributed by atoms with Crippen molar-refractivity contribution < 1.29 is 9.15 Å². The summed E-state index contributed by atoms with van der Waals surface area (Å²) in [7, 11) is 0. The summed E-state index contributed by atoms with van der Waals surface area (Å²) in [6.07, 6.45) is 0. The molecule has 4 rings (SSSR count). The van der Waals surface area contributed by atoms with Gasteiger partial charge in [-0.1, -0.05) is 15.9 Å². The molecule has 0 unspecified atom stereocenters. The number of nitrogens with zero attached hydrogens (tertiary/aromatic N) is 2. The minimum Gasteiger partial charge on any atom is -0.485 e. The number of rotatable bonds is 4. The van der Waals surface area contributed by atoms with E-state index in [1.165, 1.54) is 6.07 Å². The summed E-state index contributed by atoms with van der Waals surface area (Å²) in [5.74, 6) is 1.21. The van der Waals surface area contributed by atoms with E-state index in [-0.39, 0.29) is 12.2 Å². The van der Waals surface area contributed by atoms with Gasteiger partial charge >= 0.3 is 5.63 Å². The van der Waals surface area contributed by atoms with Gasteiger partial charge in [0.2, 0.25) is 0 Å². The van der Waals surface area contributed by atoms with Crippen LogP contribution < -0.4 is 10.4 Å². The van der Waals surface area contributed by atoms with Crippen LogP contribution in [0, 0.1) is 11.7 Å². The molecule has 2 aromatic carbocycles. The Morgan fingerprint density at radius 2 is 2.00 bits per heavy atom. The third-order valence-electron chi connectivity index (χ3n) is 4.12. The number of fused-ring (bicyclic) bond motifs is 1. The van der Waals surface area contributed by atoms with Crippen LogP contribution >= 0.6 is 28.1 Å². The van der Waals surface area contributed by atoms with Gasteiger partial charge in [0.15, 0.2) is 10.6 Å². The van der Waals surface area contributed by atoms with Crippen LogP contribution in [-0.2, 0) is 6.61 Å². The van der Waals surface area contributed by atoms with E-state index in [0.29, 0.717) is 21.9 Å². The highest BCUT2D eigenvalue weighted by Gasteiger charge is 2.10. The standard InChI is InChI=1S/C19H14BrN3O3S/c1-11-8-18(24)26-16-9-14(6-7-15(11)16)25-10-17-21-22-19(27)23(17)13-4-2-12(20)3-5-13/h2-9H,10H2,1H3,(H,22,27). The van der Waals surface area contributed by atoms with Gasteiger partial charge in [0.25, 0.3) is 0 Å². The molecule has 4 aromatic rings. The van der Waals surface area contributed by atoms with E-state index < -0.39 is 0 Å². The molecule has 0 bridgehead atoms. The fourth-order valence-electron chi connectivity index (χ4n) is 2.83. The van der Waals surface area contributed by atoms with Crippen LogP contribution in [0.2, 0.25) is 0 Å². The Labute approximate surface area is 167 Å². The van der Waals surface area contributed by atoms with E-state index in [9.17, 15) is 4.79 Å². The van der Waals surface area contributed by atoms with Gasteiger partial charge in [0.05, 0.1) is 0 Å². The van der Waals surface area contributed by atoms with Crippen LogP contribution in [0.4, 0.5) is 0 Å². The lowest BCUT2D eigenvalue weighted by molar-refractivity contribution is 0.293. The fraction of sp³-hybridized carbons (Fsp3) is 0.105. The quantitative estimate of drug-likeness (QED) is 0.365. The molecule has 0 radical (unpaired) electrons. The van der Waals surface area contributed by atoms with Gasteiger partial charge in [-0.15, -0.1) is 0 Å². The summed E-state index contributed by atoms with van der Waals surface area (Å²) >= 11 is 8.76. The molecular weight excluding hydrogens is 430 g/mol. The lowest BCUT2D eigenvalue weighted by Crippen LogP contribution is -2.06. The zero-order valence-electron chi connectivity index (χ0n) is 14.2. The molecule has 0 saturated carbocycles. The summed E-state index contributed by atoms with van der Waals surface area (Å²) < 4.78 is 14.4. The summed E-state index contributed by atoms with van der Waals surface area (Å²) in [6, 6.07) is 14.6. The first-order valence-corrected chi connectivity index (χ1v) is 9.31. The Morgan fingerprint density at radius 1 is 1.22 bits per heavy atom. The van der Waals surface area contributed by atoms with Gasteiger partial charge in [-0.05, 0) is 61.1 Å². The molecule has 2 aromatic heterocycles. The zero-order valence-corrected chi connectivity index (χ0v) is 16.6. The first-order chi connectivity index (χ1) is 13.0. The molecule has 0 aliphatic carbocycles. The van der Waals surface area contributed by atoms with Crippen LogP contribution in [0.25, 0.3) is 16.7 Å². The highest BCUT2D eigenvalue weighted by atomic mass is 79.9. The lowest BCUT2D eigenvalue weighted by atomic mass is 10.1. The van der Waals surface area contributed by atoms with Gasteiger partial charge in [-0.2, -0.15) is 5.10 Å². The Hall–Kier alpha value is -2.71. The van der Waals surface area contributed by atoms with Crippen molar-refractivity contribution in [1.29, 1.82) is 0 Å². The van der Waals surface area contributed by atoms with Crippen LogP contribution in [0.5, 0.6) is 5.75 Å². The molecule has 8 heteroatoms. The van der Waals surface area contributed by atoms with Crippen molar-refractivity contribution >= 4 is 39.1 Å². The number of benzene rings is 2. The molecule has 1 N–H and O–H groups in total. The van der Waals surface area contributed by atoms with Gasteiger partial charge in [0.1, 0.15) is 17.9 Å². The van der Waals surface area contributed by atoms with Crippen LogP contribution in [-0.4, -0.2) is 14.8 Å². The van der Waals surface area contributed by atoms with Gasteiger partial charge < -0.3 is 9.15 Å². The van der Waals surface area contributed by atoms with Gasteiger partial charge in [-0.25, -0.2) is 4.79 Å². The predicted octanol–water partition coefficient (Wildman–Crippen LogP) is 4.69. The minimum atomic E-state index is -0.381. The molecule has 6 nitrogen and oxygen atoms in total. The molecule has 136 valence electrons. The molecule has 0 aliphatic rings. The van der Waals surface area contributed by atoms with Crippen molar-refractivity contribution in [3.05, 3.63) is 79.6 Å². The Kier molecular flexibility index (Phi) is 4.67. The first kappa shape index (κ1) is 17.7. The van der Waals surface area contributed by atoms with E-state index in [1.807, 2.05) is 47.9 Å². The number of aryl methyl sites for hydroxylation is 1. The molecule has 0 atom stereocenters. The van der Waals surface area contributed by atoms with E-state index in [0.717, 1.165) is 21.1 Å². The smallest absolute Gasteiger partial charge is 0.336 e. The molecule has 0 amide bonds. The van der Waals surface area contributed by atoms with Crippen molar-refractivity contribution in [3.8, 4) is 11.4 Å². The Bertz CT molecular complexity index is 1240. The third kappa shape index (κ3) is 3.58. The average Bonchev–Trinajstić information content (AvgIpc) is 3.01. The number of hydrogen-bond acceptors (Lipinski definition) is 5. The molecular formula is C19H14BrN3O3S. The number of H-pyrrole nitrogens is 1. The summed E-state index contributed by atoms with van der Waals surface area (Å²) in [6.45, 7) is 2.07. The molecule has 0 aliphatic heterocycles. The molecule has 27 heavy (non-hydrogen) atoms.